The molecule has 0 heterocycles. The number of rotatable bonds is 7. The standard InChI is InChI=1S/C20H28O/c1-3-4-5-6-8-11-17-14-15-19(16(17)2)20(21)18-12-9-7-10-13-18/h7,9-13,19-21H,2-6,8,14-15H2,1H3/b17-11+/t19-,20-/m0/s1. The molecule has 1 heteroatoms. The molecule has 0 aromatic heterocycles. The number of allylic oxidation sites excluding steroid dienone is 2. The van der Waals surface area contributed by atoms with Crippen molar-refractivity contribution >= 4 is 0 Å². The minimum atomic E-state index is -0.412. The van der Waals surface area contributed by atoms with Crippen LogP contribution in [-0.2, 0) is 0 Å². The minimum Gasteiger partial charge on any atom is -0.388 e. The normalized spacial score (nSPS) is 21.9. The summed E-state index contributed by atoms with van der Waals surface area (Å²) in [5.74, 6) is 0.189. The lowest BCUT2D eigenvalue weighted by atomic mass is 9.91. The third-order valence-electron chi connectivity index (χ3n) is 4.56. The van der Waals surface area contributed by atoms with Crippen LogP contribution in [0.5, 0.6) is 0 Å². The first-order valence-corrected chi connectivity index (χ1v) is 8.35. The molecule has 1 aliphatic rings. The van der Waals surface area contributed by atoms with E-state index in [0.29, 0.717) is 0 Å². The molecule has 1 saturated carbocycles. The quantitative estimate of drug-likeness (QED) is 0.648. The Kier molecular flexibility index (Phi) is 6.25. The van der Waals surface area contributed by atoms with Crippen LogP contribution in [0, 0.1) is 5.92 Å². The molecule has 2 atom stereocenters. The molecule has 21 heavy (non-hydrogen) atoms. The van der Waals surface area contributed by atoms with Crippen molar-refractivity contribution in [3.05, 3.63) is 59.7 Å². The summed E-state index contributed by atoms with van der Waals surface area (Å²) in [6, 6.07) is 9.97. The van der Waals surface area contributed by atoms with E-state index in [2.05, 4.69) is 19.6 Å². The van der Waals surface area contributed by atoms with Gasteiger partial charge in [0.2, 0.25) is 0 Å². The molecule has 0 unspecified atom stereocenters. The molecule has 1 fully saturated rings. The highest BCUT2D eigenvalue weighted by molar-refractivity contribution is 5.37. The Morgan fingerprint density at radius 1 is 1.24 bits per heavy atom. The number of aliphatic hydroxyl groups excluding tert-OH is 1. The van der Waals surface area contributed by atoms with Crippen LogP contribution in [0.4, 0.5) is 0 Å². The van der Waals surface area contributed by atoms with Gasteiger partial charge in [0.05, 0.1) is 6.10 Å². The molecule has 1 N–H and O–H groups in total. The summed E-state index contributed by atoms with van der Waals surface area (Å²) in [5, 5.41) is 10.6. The second kappa shape index (κ2) is 8.19. The zero-order valence-electron chi connectivity index (χ0n) is 13.2. The molecular formula is C20H28O. The Hall–Kier alpha value is -1.34. The predicted molar refractivity (Wildman–Crippen MR) is 90.1 cm³/mol. The van der Waals surface area contributed by atoms with Gasteiger partial charge in [-0.3, -0.25) is 0 Å². The third-order valence-corrected chi connectivity index (χ3v) is 4.56. The second-order valence-corrected chi connectivity index (χ2v) is 6.10. The Balaban J connectivity index is 1.90. The smallest absolute Gasteiger partial charge is 0.0858 e. The van der Waals surface area contributed by atoms with Crippen molar-refractivity contribution in [2.45, 2.75) is 58.0 Å². The van der Waals surface area contributed by atoms with Gasteiger partial charge in [0.25, 0.3) is 0 Å². The summed E-state index contributed by atoms with van der Waals surface area (Å²) in [5.41, 5.74) is 3.54. The number of aliphatic hydroxyl groups is 1. The highest BCUT2D eigenvalue weighted by Crippen LogP contribution is 2.42. The van der Waals surface area contributed by atoms with E-state index in [4.69, 9.17) is 0 Å². The average Bonchev–Trinajstić information content (AvgIpc) is 2.88. The van der Waals surface area contributed by atoms with E-state index >= 15 is 0 Å². The van der Waals surface area contributed by atoms with E-state index in [1.54, 1.807) is 0 Å². The van der Waals surface area contributed by atoms with Crippen LogP contribution in [0.15, 0.2) is 54.1 Å². The molecule has 1 aromatic carbocycles. The van der Waals surface area contributed by atoms with E-state index in [-0.39, 0.29) is 5.92 Å². The van der Waals surface area contributed by atoms with Crippen LogP contribution in [0.2, 0.25) is 0 Å². The fourth-order valence-corrected chi connectivity index (χ4v) is 3.20. The summed E-state index contributed by atoms with van der Waals surface area (Å²) in [4.78, 5) is 0. The van der Waals surface area contributed by atoms with Gasteiger partial charge in [-0.05, 0) is 42.4 Å². The van der Waals surface area contributed by atoms with Crippen LogP contribution < -0.4 is 0 Å². The van der Waals surface area contributed by atoms with Crippen molar-refractivity contribution in [2.75, 3.05) is 0 Å². The van der Waals surface area contributed by atoms with Crippen molar-refractivity contribution in [3.8, 4) is 0 Å². The van der Waals surface area contributed by atoms with E-state index in [1.807, 2.05) is 30.3 Å². The van der Waals surface area contributed by atoms with Crippen molar-refractivity contribution in [1.29, 1.82) is 0 Å². The highest BCUT2D eigenvalue weighted by Gasteiger charge is 2.30. The lowest BCUT2D eigenvalue weighted by molar-refractivity contribution is 0.129. The van der Waals surface area contributed by atoms with Crippen LogP contribution in [-0.4, -0.2) is 5.11 Å². The molecule has 0 bridgehead atoms. The lowest BCUT2D eigenvalue weighted by Crippen LogP contribution is -2.10. The number of hydrogen-bond donors (Lipinski definition) is 1. The molecule has 2 rings (SSSR count). The first kappa shape index (κ1) is 16.0. The Labute approximate surface area is 129 Å². The first-order chi connectivity index (χ1) is 10.2. The largest absolute Gasteiger partial charge is 0.388 e. The molecule has 114 valence electrons. The van der Waals surface area contributed by atoms with Crippen LogP contribution in [0.25, 0.3) is 0 Å². The summed E-state index contributed by atoms with van der Waals surface area (Å²) in [6.45, 7) is 6.49. The Morgan fingerprint density at radius 2 is 2.00 bits per heavy atom. The molecular weight excluding hydrogens is 256 g/mol. The fourth-order valence-electron chi connectivity index (χ4n) is 3.20. The summed E-state index contributed by atoms with van der Waals surface area (Å²) in [7, 11) is 0. The number of benzene rings is 1. The number of unbranched alkanes of at least 4 members (excludes halogenated alkanes) is 4. The maximum absolute atomic E-state index is 10.6. The molecule has 1 aliphatic carbocycles. The van der Waals surface area contributed by atoms with E-state index in [9.17, 15) is 5.11 Å². The van der Waals surface area contributed by atoms with E-state index in [1.165, 1.54) is 31.3 Å². The molecule has 0 saturated heterocycles. The van der Waals surface area contributed by atoms with Crippen molar-refractivity contribution in [2.24, 2.45) is 5.92 Å². The van der Waals surface area contributed by atoms with Gasteiger partial charge in [0, 0.05) is 5.92 Å². The van der Waals surface area contributed by atoms with E-state index in [0.717, 1.165) is 30.4 Å². The fraction of sp³-hybridized carbons (Fsp3) is 0.500. The Morgan fingerprint density at radius 3 is 2.71 bits per heavy atom. The maximum atomic E-state index is 10.6. The van der Waals surface area contributed by atoms with E-state index < -0.39 is 6.10 Å². The van der Waals surface area contributed by atoms with Crippen LogP contribution >= 0.6 is 0 Å². The van der Waals surface area contributed by atoms with Gasteiger partial charge < -0.3 is 5.11 Å². The second-order valence-electron chi connectivity index (χ2n) is 6.10. The average molecular weight is 284 g/mol. The molecule has 0 spiro atoms. The van der Waals surface area contributed by atoms with Gasteiger partial charge in [0.1, 0.15) is 0 Å². The van der Waals surface area contributed by atoms with Crippen molar-refractivity contribution < 1.29 is 5.11 Å². The summed E-state index contributed by atoms with van der Waals surface area (Å²) < 4.78 is 0. The summed E-state index contributed by atoms with van der Waals surface area (Å²) in [6.07, 6.45) is 10.4. The maximum Gasteiger partial charge on any atom is 0.0858 e. The van der Waals surface area contributed by atoms with Gasteiger partial charge in [-0.1, -0.05) is 69.2 Å². The SMILES string of the molecule is C=C1/C(=C/CCCCCC)CC[C@@H]1[C@@H](O)c1ccccc1. The zero-order chi connectivity index (χ0) is 15.1. The summed E-state index contributed by atoms with van der Waals surface area (Å²) >= 11 is 0. The monoisotopic (exact) mass is 284 g/mol. The predicted octanol–water partition coefficient (Wildman–Crippen LogP) is 5.58. The van der Waals surface area contributed by atoms with Gasteiger partial charge in [0.15, 0.2) is 0 Å². The minimum absolute atomic E-state index is 0.189. The highest BCUT2D eigenvalue weighted by atomic mass is 16.3. The lowest BCUT2D eigenvalue weighted by Gasteiger charge is -2.19. The van der Waals surface area contributed by atoms with Crippen LogP contribution in [0.3, 0.4) is 0 Å². The first-order valence-electron chi connectivity index (χ1n) is 8.35. The van der Waals surface area contributed by atoms with Gasteiger partial charge in [-0.15, -0.1) is 0 Å². The van der Waals surface area contributed by atoms with Gasteiger partial charge in [-0.25, -0.2) is 0 Å². The molecule has 1 aromatic rings. The van der Waals surface area contributed by atoms with Gasteiger partial charge in [-0.2, -0.15) is 0 Å². The zero-order valence-corrected chi connectivity index (χ0v) is 13.2. The molecule has 0 radical (unpaired) electrons. The number of hydrogen-bond acceptors (Lipinski definition) is 1. The topological polar surface area (TPSA) is 20.2 Å². The molecule has 0 amide bonds. The van der Waals surface area contributed by atoms with Crippen molar-refractivity contribution in [3.63, 3.8) is 0 Å². The van der Waals surface area contributed by atoms with Crippen molar-refractivity contribution in [1.82, 2.24) is 0 Å². The van der Waals surface area contributed by atoms with Gasteiger partial charge >= 0.3 is 0 Å². The Bertz CT molecular complexity index is 472. The molecule has 1 nitrogen and oxygen atoms in total. The third kappa shape index (κ3) is 4.31. The van der Waals surface area contributed by atoms with Crippen LogP contribution in [0.1, 0.15) is 63.5 Å². The molecule has 0 aliphatic heterocycles.